The molecule has 0 heterocycles. The van der Waals surface area contributed by atoms with Crippen molar-refractivity contribution in [3.63, 3.8) is 0 Å². The van der Waals surface area contributed by atoms with E-state index in [0.29, 0.717) is 6.42 Å². The van der Waals surface area contributed by atoms with E-state index in [1.165, 1.54) is 0 Å². The maximum Gasteiger partial charge on any atom is 0.264 e. The summed E-state index contributed by atoms with van der Waals surface area (Å²) in [4.78, 5) is 0. The van der Waals surface area contributed by atoms with E-state index in [1.54, 1.807) is 0 Å². The van der Waals surface area contributed by atoms with Crippen molar-refractivity contribution in [3.05, 3.63) is 30.3 Å². The Morgan fingerprint density at radius 1 is 1.18 bits per heavy atom. The molecular weight excluding hydrogens is 240 g/mol. The summed E-state index contributed by atoms with van der Waals surface area (Å²) in [6, 6.07) is 9.40. The van der Waals surface area contributed by atoms with E-state index in [4.69, 9.17) is 8.92 Å². The second kappa shape index (κ2) is 5.51. The lowest BCUT2D eigenvalue weighted by Gasteiger charge is -2.26. The summed E-state index contributed by atoms with van der Waals surface area (Å²) < 4.78 is 32.1. The SMILES string of the molecule is CC(C)(CCOS(C)(=O)=O)Oc1ccccc1. The van der Waals surface area contributed by atoms with E-state index in [0.717, 1.165) is 12.0 Å². The van der Waals surface area contributed by atoms with Crippen molar-refractivity contribution in [2.75, 3.05) is 12.9 Å². The van der Waals surface area contributed by atoms with Crippen molar-refractivity contribution >= 4 is 10.1 Å². The summed E-state index contributed by atoms with van der Waals surface area (Å²) in [5, 5.41) is 0. The van der Waals surface area contributed by atoms with E-state index in [2.05, 4.69) is 0 Å². The lowest BCUT2D eigenvalue weighted by molar-refractivity contribution is 0.0824. The molecule has 0 radical (unpaired) electrons. The molecule has 1 rings (SSSR count). The fraction of sp³-hybridized carbons (Fsp3) is 0.500. The van der Waals surface area contributed by atoms with Crippen LogP contribution in [0.4, 0.5) is 0 Å². The predicted octanol–water partition coefficient (Wildman–Crippen LogP) is 2.21. The Balaban J connectivity index is 2.46. The molecule has 0 saturated carbocycles. The standard InChI is InChI=1S/C12H18O4S/c1-12(2,9-10-15-17(3,13)14)16-11-7-5-4-6-8-11/h4-8H,9-10H2,1-3H3. The number of benzene rings is 1. The summed E-state index contributed by atoms with van der Waals surface area (Å²) in [7, 11) is -3.37. The second-order valence-corrected chi connectivity index (χ2v) is 6.09. The highest BCUT2D eigenvalue weighted by Gasteiger charge is 2.20. The van der Waals surface area contributed by atoms with E-state index in [9.17, 15) is 8.42 Å². The van der Waals surface area contributed by atoms with E-state index >= 15 is 0 Å². The minimum atomic E-state index is -3.37. The van der Waals surface area contributed by atoms with Crippen molar-refractivity contribution < 1.29 is 17.3 Å². The summed E-state index contributed by atoms with van der Waals surface area (Å²) in [6.45, 7) is 3.91. The van der Waals surface area contributed by atoms with Crippen LogP contribution in [0.5, 0.6) is 5.75 Å². The molecule has 0 aromatic heterocycles. The predicted molar refractivity (Wildman–Crippen MR) is 66.6 cm³/mol. The van der Waals surface area contributed by atoms with Crippen LogP contribution in [-0.4, -0.2) is 26.9 Å². The third kappa shape index (κ3) is 6.28. The third-order valence-corrected chi connectivity index (χ3v) is 2.73. The molecule has 0 bridgehead atoms. The number of rotatable bonds is 6. The first-order valence-electron chi connectivity index (χ1n) is 5.37. The number of hydrogen-bond donors (Lipinski definition) is 0. The highest BCUT2D eigenvalue weighted by molar-refractivity contribution is 7.85. The van der Waals surface area contributed by atoms with Gasteiger partial charge in [-0.3, -0.25) is 4.18 Å². The molecular formula is C12H18O4S. The third-order valence-electron chi connectivity index (χ3n) is 2.14. The number of ether oxygens (including phenoxy) is 1. The smallest absolute Gasteiger partial charge is 0.264 e. The average Bonchev–Trinajstić information content (AvgIpc) is 2.15. The fourth-order valence-electron chi connectivity index (χ4n) is 1.30. The van der Waals surface area contributed by atoms with Crippen LogP contribution in [0.15, 0.2) is 30.3 Å². The van der Waals surface area contributed by atoms with Crippen LogP contribution in [0.3, 0.4) is 0 Å². The molecule has 1 aromatic carbocycles. The topological polar surface area (TPSA) is 52.6 Å². The molecule has 0 atom stereocenters. The largest absolute Gasteiger partial charge is 0.488 e. The Bertz CT molecular complexity index is 437. The van der Waals surface area contributed by atoms with Crippen LogP contribution in [0, 0.1) is 0 Å². The van der Waals surface area contributed by atoms with Gasteiger partial charge in [0.25, 0.3) is 10.1 Å². The highest BCUT2D eigenvalue weighted by Crippen LogP contribution is 2.20. The quantitative estimate of drug-likeness (QED) is 0.734. The lowest BCUT2D eigenvalue weighted by atomic mass is 10.1. The summed E-state index contributed by atoms with van der Waals surface area (Å²) in [5.41, 5.74) is -0.466. The van der Waals surface area contributed by atoms with E-state index < -0.39 is 15.7 Å². The van der Waals surface area contributed by atoms with Crippen molar-refractivity contribution in [1.29, 1.82) is 0 Å². The Kier molecular flexibility index (Phi) is 4.54. The van der Waals surface area contributed by atoms with Gasteiger partial charge in [-0.1, -0.05) is 18.2 Å². The highest BCUT2D eigenvalue weighted by atomic mass is 32.2. The van der Waals surface area contributed by atoms with Crippen molar-refractivity contribution in [2.24, 2.45) is 0 Å². The molecule has 0 fully saturated rings. The molecule has 4 nitrogen and oxygen atoms in total. The van der Waals surface area contributed by atoms with Gasteiger partial charge in [0.1, 0.15) is 11.4 Å². The molecule has 96 valence electrons. The molecule has 0 aliphatic rings. The van der Waals surface area contributed by atoms with Gasteiger partial charge in [0.05, 0.1) is 12.9 Å². The Morgan fingerprint density at radius 2 is 1.76 bits per heavy atom. The van der Waals surface area contributed by atoms with Gasteiger partial charge in [0, 0.05) is 6.42 Å². The Labute approximate surface area is 103 Å². The first-order valence-corrected chi connectivity index (χ1v) is 7.19. The fourth-order valence-corrected chi connectivity index (χ4v) is 1.68. The molecule has 0 unspecified atom stereocenters. The van der Waals surface area contributed by atoms with Crippen LogP contribution in [0.2, 0.25) is 0 Å². The average molecular weight is 258 g/mol. The van der Waals surface area contributed by atoms with Gasteiger partial charge in [-0.05, 0) is 26.0 Å². The maximum atomic E-state index is 10.8. The maximum absolute atomic E-state index is 10.8. The molecule has 0 amide bonds. The van der Waals surface area contributed by atoms with Gasteiger partial charge in [0.15, 0.2) is 0 Å². The first kappa shape index (κ1) is 14.0. The zero-order chi connectivity index (χ0) is 12.9. The molecule has 17 heavy (non-hydrogen) atoms. The number of para-hydroxylation sites is 1. The number of hydrogen-bond acceptors (Lipinski definition) is 4. The van der Waals surface area contributed by atoms with Gasteiger partial charge in [-0.2, -0.15) is 8.42 Å². The van der Waals surface area contributed by atoms with Crippen LogP contribution in [-0.2, 0) is 14.3 Å². The minimum Gasteiger partial charge on any atom is -0.488 e. The van der Waals surface area contributed by atoms with Crippen molar-refractivity contribution in [3.8, 4) is 5.75 Å². The Hall–Kier alpha value is -1.07. The van der Waals surface area contributed by atoms with Crippen LogP contribution >= 0.6 is 0 Å². The van der Waals surface area contributed by atoms with Crippen LogP contribution < -0.4 is 4.74 Å². The molecule has 5 heteroatoms. The van der Waals surface area contributed by atoms with Crippen molar-refractivity contribution in [1.82, 2.24) is 0 Å². The van der Waals surface area contributed by atoms with Crippen LogP contribution in [0.25, 0.3) is 0 Å². The summed E-state index contributed by atoms with van der Waals surface area (Å²) >= 11 is 0. The normalized spacial score (nSPS) is 12.4. The van der Waals surface area contributed by atoms with Gasteiger partial charge < -0.3 is 4.74 Å². The molecule has 0 aliphatic heterocycles. The van der Waals surface area contributed by atoms with Gasteiger partial charge in [0.2, 0.25) is 0 Å². The van der Waals surface area contributed by atoms with Crippen molar-refractivity contribution in [2.45, 2.75) is 25.9 Å². The van der Waals surface area contributed by atoms with Gasteiger partial charge in [-0.15, -0.1) is 0 Å². The van der Waals surface area contributed by atoms with E-state index in [1.807, 2.05) is 44.2 Å². The second-order valence-electron chi connectivity index (χ2n) is 4.45. The zero-order valence-corrected chi connectivity index (χ0v) is 11.2. The summed E-state index contributed by atoms with van der Waals surface area (Å²) in [5.74, 6) is 0.761. The molecule has 0 N–H and O–H groups in total. The summed E-state index contributed by atoms with van der Waals surface area (Å²) in [6.07, 6.45) is 1.53. The monoisotopic (exact) mass is 258 g/mol. The molecule has 1 aromatic rings. The lowest BCUT2D eigenvalue weighted by Crippen LogP contribution is -2.30. The van der Waals surface area contributed by atoms with Gasteiger partial charge in [-0.25, -0.2) is 0 Å². The molecule has 0 aliphatic carbocycles. The Morgan fingerprint density at radius 3 is 2.29 bits per heavy atom. The van der Waals surface area contributed by atoms with Gasteiger partial charge >= 0.3 is 0 Å². The van der Waals surface area contributed by atoms with E-state index in [-0.39, 0.29) is 6.61 Å². The minimum absolute atomic E-state index is 0.124. The molecule has 0 saturated heterocycles. The first-order chi connectivity index (χ1) is 7.79. The van der Waals surface area contributed by atoms with Crippen LogP contribution in [0.1, 0.15) is 20.3 Å². The zero-order valence-electron chi connectivity index (χ0n) is 10.3. The molecule has 0 spiro atoms.